The Morgan fingerprint density at radius 3 is 0.822 bits per heavy atom. The van der Waals surface area contributed by atoms with Crippen molar-refractivity contribution in [3.05, 3.63) is 84.7 Å². The molecule has 0 aliphatic heterocycles. The molecule has 4 rings (SSSR count). The van der Waals surface area contributed by atoms with E-state index in [1.165, 1.54) is 54.6 Å². The molecule has 0 amide bonds. The van der Waals surface area contributed by atoms with Crippen LogP contribution < -0.4 is 13.6 Å². The maximum Gasteiger partial charge on any atom is 0.524 e. The Morgan fingerprint density at radius 2 is 0.644 bits per heavy atom. The Labute approximate surface area is 283 Å². The van der Waals surface area contributed by atoms with Crippen molar-refractivity contribution in [3.63, 3.8) is 0 Å². The van der Waals surface area contributed by atoms with Crippen LogP contribution in [0.2, 0.25) is 30.1 Å². The van der Waals surface area contributed by atoms with E-state index >= 15 is 0 Å². The highest BCUT2D eigenvalue weighted by molar-refractivity contribution is 7.47. The Hall–Kier alpha value is -1.53. The van der Waals surface area contributed by atoms with Gasteiger partial charge in [0.2, 0.25) is 0 Å². The summed E-state index contributed by atoms with van der Waals surface area (Å²) in [4.78, 5) is 60.0. The summed E-state index contributed by atoms with van der Waals surface area (Å²) in [6.07, 6.45) is 0. The fraction of sp³-hybridized carbons (Fsp3) is 0. The summed E-state index contributed by atoms with van der Waals surface area (Å²) >= 11 is 37.6. The van der Waals surface area contributed by atoms with Crippen LogP contribution in [0.5, 0.6) is 17.2 Å². The maximum absolute atomic E-state index is 12.4. The van der Waals surface area contributed by atoms with Gasteiger partial charge in [-0.2, -0.15) is 0 Å². The average Bonchev–Trinajstić information content (AvgIpc) is 2.84. The van der Waals surface area contributed by atoms with Gasteiger partial charge >= 0.3 is 23.5 Å². The standard InChI is InChI=1S/C24H15Cl6O12P3/c25-10-1-4-13(16(28)7-10)19-22(40-43(31,32)33)20(14-5-2-11(26)8-17(14)29)24(42-45(37,38)39)21(23(19)41-44(34,35)36)15-6-3-12(27)9-18(15)30/h1-9H,(H2,31,32,33)(H2,34,35,36)(H2,37,38,39). The first-order chi connectivity index (χ1) is 20.6. The molecular weight excluding hydrogens is 786 g/mol. The third-order valence-electron chi connectivity index (χ3n) is 5.59. The lowest BCUT2D eigenvalue weighted by atomic mass is 9.89. The second kappa shape index (κ2) is 13.5. The van der Waals surface area contributed by atoms with E-state index in [4.69, 9.17) is 83.2 Å². The number of rotatable bonds is 9. The quantitative estimate of drug-likeness (QED) is 0.0879. The van der Waals surface area contributed by atoms with Gasteiger partial charge in [0.1, 0.15) is 0 Å². The summed E-state index contributed by atoms with van der Waals surface area (Å²) in [5.41, 5.74) is -2.76. The molecule has 4 aromatic rings. The van der Waals surface area contributed by atoms with Crippen molar-refractivity contribution < 1.29 is 56.6 Å². The first kappa shape index (κ1) is 36.3. The third-order valence-corrected chi connectivity index (χ3v) is 8.50. The van der Waals surface area contributed by atoms with Crippen molar-refractivity contribution >= 4 is 93.1 Å². The van der Waals surface area contributed by atoms with E-state index in [2.05, 4.69) is 0 Å². The monoisotopic (exact) mass is 798 g/mol. The topological polar surface area (TPSA) is 200 Å². The minimum atomic E-state index is -5.66. The summed E-state index contributed by atoms with van der Waals surface area (Å²) in [7, 11) is -17.0. The van der Waals surface area contributed by atoms with Gasteiger partial charge in [0, 0.05) is 31.8 Å². The molecule has 0 saturated carbocycles. The predicted octanol–water partition coefficient (Wildman–Crippen LogP) is 9.02. The van der Waals surface area contributed by atoms with Crippen LogP contribution in [0.1, 0.15) is 0 Å². The first-order valence-electron chi connectivity index (χ1n) is 11.5. The van der Waals surface area contributed by atoms with Gasteiger partial charge in [-0.3, -0.25) is 29.4 Å². The Bertz CT molecular complexity index is 1730. The highest BCUT2D eigenvalue weighted by atomic mass is 35.5. The van der Waals surface area contributed by atoms with Crippen LogP contribution in [0, 0.1) is 0 Å². The SMILES string of the molecule is O=P(O)(O)Oc1c(-c2ccc(Cl)cc2Cl)c(OP(=O)(O)O)c(-c2ccc(Cl)cc2Cl)c(OP(=O)(O)O)c1-c1ccc(Cl)cc1Cl. The van der Waals surface area contributed by atoms with Gasteiger partial charge in [0.25, 0.3) is 0 Å². The highest BCUT2D eigenvalue weighted by Crippen LogP contribution is 2.64. The van der Waals surface area contributed by atoms with Crippen LogP contribution in [0.4, 0.5) is 0 Å². The predicted molar refractivity (Wildman–Crippen MR) is 171 cm³/mol. The van der Waals surface area contributed by atoms with Gasteiger partial charge in [-0.25, -0.2) is 13.7 Å². The van der Waals surface area contributed by atoms with Gasteiger partial charge < -0.3 is 13.6 Å². The molecule has 0 aromatic heterocycles. The van der Waals surface area contributed by atoms with Gasteiger partial charge in [-0.1, -0.05) is 87.8 Å². The molecule has 0 unspecified atom stereocenters. The van der Waals surface area contributed by atoms with E-state index in [0.29, 0.717) is 0 Å². The largest absolute Gasteiger partial charge is 0.524 e. The third kappa shape index (κ3) is 8.89. The number of phosphoric ester groups is 3. The van der Waals surface area contributed by atoms with Crippen molar-refractivity contribution in [2.75, 3.05) is 0 Å². The summed E-state index contributed by atoms with van der Waals surface area (Å²) in [5.74, 6) is -3.01. The lowest BCUT2D eigenvalue weighted by molar-refractivity contribution is 0.279. The van der Waals surface area contributed by atoms with E-state index in [9.17, 15) is 43.1 Å². The second-order valence-electron chi connectivity index (χ2n) is 8.73. The van der Waals surface area contributed by atoms with Gasteiger partial charge in [0.15, 0.2) is 17.2 Å². The Morgan fingerprint density at radius 1 is 0.422 bits per heavy atom. The van der Waals surface area contributed by atoms with Crippen molar-refractivity contribution in [2.45, 2.75) is 0 Å². The van der Waals surface area contributed by atoms with Crippen LogP contribution >= 0.6 is 93.1 Å². The zero-order valence-corrected chi connectivity index (χ0v) is 28.7. The highest BCUT2D eigenvalue weighted by Gasteiger charge is 2.39. The van der Waals surface area contributed by atoms with E-state index in [-0.39, 0.29) is 46.8 Å². The number of halogens is 6. The lowest BCUT2D eigenvalue weighted by Crippen LogP contribution is -2.06. The summed E-state index contributed by atoms with van der Waals surface area (Å²) < 4.78 is 52.4. The Kier molecular flexibility index (Phi) is 10.9. The molecule has 0 atom stereocenters. The molecule has 12 nitrogen and oxygen atoms in total. The number of phosphoric acid groups is 3. The summed E-state index contributed by atoms with van der Waals surface area (Å²) in [6, 6.07) is 10.8. The normalized spacial score (nSPS) is 12.3. The molecule has 240 valence electrons. The molecule has 21 heteroatoms. The molecule has 4 aromatic carbocycles. The molecule has 0 radical (unpaired) electrons. The first-order valence-corrected chi connectivity index (χ1v) is 18.4. The van der Waals surface area contributed by atoms with E-state index < -0.39 is 57.4 Å². The number of hydrogen-bond donors (Lipinski definition) is 6. The van der Waals surface area contributed by atoms with Crippen LogP contribution in [-0.2, 0) is 13.7 Å². The van der Waals surface area contributed by atoms with Gasteiger partial charge in [-0.05, 0) is 36.4 Å². The minimum Gasteiger partial charge on any atom is -0.403 e. The minimum absolute atomic E-state index is 0.0713. The zero-order valence-electron chi connectivity index (χ0n) is 21.4. The van der Waals surface area contributed by atoms with Crippen molar-refractivity contribution in [3.8, 4) is 50.6 Å². The number of hydrogen-bond acceptors (Lipinski definition) is 6. The van der Waals surface area contributed by atoms with Crippen molar-refractivity contribution in [2.24, 2.45) is 0 Å². The van der Waals surface area contributed by atoms with Crippen LogP contribution in [-0.4, -0.2) is 29.4 Å². The molecule has 0 heterocycles. The van der Waals surface area contributed by atoms with Gasteiger partial charge in [0.05, 0.1) is 31.8 Å². The maximum atomic E-state index is 12.4. The fourth-order valence-electron chi connectivity index (χ4n) is 4.13. The van der Waals surface area contributed by atoms with E-state index in [0.717, 1.165) is 0 Å². The lowest BCUT2D eigenvalue weighted by Gasteiger charge is -2.27. The molecule has 6 N–H and O–H groups in total. The molecule has 0 spiro atoms. The van der Waals surface area contributed by atoms with Crippen molar-refractivity contribution in [1.82, 2.24) is 0 Å². The molecule has 0 aliphatic carbocycles. The number of benzene rings is 4. The van der Waals surface area contributed by atoms with E-state index in [1.807, 2.05) is 0 Å². The molecule has 45 heavy (non-hydrogen) atoms. The summed E-state index contributed by atoms with van der Waals surface area (Å²) in [6.45, 7) is 0. The van der Waals surface area contributed by atoms with Crippen LogP contribution in [0.25, 0.3) is 33.4 Å². The van der Waals surface area contributed by atoms with Gasteiger partial charge in [-0.15, -0.1) is 0 Å². The smallest absolute Gasteiger partial charge is 0.403 e. The molecule has 0 saturated heterocycles. The van der Waals surface area contributed by atoms with Crippen molar-refractivity contribution in [1.29, 1.82) is 0 Å². The summed E-state index contributed by atoms with van der Waals surface area (Å²) in [5, 5.41) is -0.582. The second-order valence-corrected chi connectivity index (χ2v) is 14.8. The van der Waals surface area contributed by atoms with Crippen LogP contribution in [0.3, 0.4) is 0 Å². The van der Waals surface area contributed by atoms with Crippen LogP contribution in [0.15, 0.2) is 54.6 Å². The molecular formula is C24H15Cl6O12P3. The Balaban J connectivity index is 2.47. The zero-order chi connectivity index (χ0) is 33.6. The fourth-order valence-corrected chi connectivity index (χ4v) is 6.90. The molecule has 0 bridgehead atoms. The van der Waals surface area contributed by atoms with E-state index in [1.54, 1.807) is 0 Å². The average molecular weight is 801 g/mol. The molecule has 0 fully saturated rings. The molecule has 0 aliphatic rings.